The zero-order valence-corrected chi connectivity index (χ0v) is 18.1. The number of amides is 2. The fraction of sp³-hybridized carbons (Fsp3) is 0.174. The van der Waals surface area contributed by atoms with Crippen LogP contribution in [0.25, 0.3) is 16.6 Å². The molecule has 1 N–H and O–H groups in total. The minimum absolute atomic E-state index is 0.109. The van der Waals surface area contributed by atoms with E-state index in [-0.39, 0.29) is 22.6 Å². The molecule has 6 nitrogen and oxygen atoms in total. The third kappa shape index (κ3) is 2.61. The molecule has 0 spiro atoms. The number of aromatic nitrogens is 2. The number of fused-ring (bicyclic) bond motifs is 3. The number of para-hydroxylation sites is 2. The predicted molar refractivity (Wildman–Crippen MR) is 121 cm³/mol. The molecule has 0 bridgehead atoms. The maximum Gasteiger partial charge on any atom is 0.312 e. The number of imide groups is 1. The Kier molecular flexibility index (Phi) is 4.03. The van der Waals surface area contributed by atoms with Crippen molar-refractivity contribution >= 4 is 45.8 Å². The first kappa shape index (κ1) is 18.7. The lowest BCUT2D eigenvalue weighted by molar-refractivity contribution is -0.125. The second kappa shape index (κ2) is 6.70. The molecule has 31 heavy (non-hydrogen) atoms. The largest absolute Gasteiger partial charge is 0.350 e. The summed E-state index contributed by atoms with van der Waals surface area (Å²) < 4.78 is 3.71. The van der Waals surface area contributed by atoms with Crippen molar-refractivity contribution < 1.29 is 9.59 Å². The highest BCUT2D eigenvalue weighted by Crippen LogP contribution is 2.53. The van der Waals surface area contributed by atoms with Crippen LogP contribution in [-0.2, 0) is 16.6 Å². The van der Waals surface area contributed by atoms with Crippen LogP contribution in [0.2, 0.25) is 0 Å². The van der Waals surface area contributed by atoms with Crippen molar-refractivity contribution in [3.05, 3.63) is 80.9 Å². The molecule has 8 heteroatoms. The number of nitrogens with zero attached hydrogens (tertiary/aromatic N) is 2. The molecule has 0 unspecified atom stereocenters. The lowest BCUT2D eigenvalue weighted by atomic mass is 9.83. The van der Waals surface area contributed by atoms with Crippen LogP contribution in [0, 0.1) is 5.92 Å². The molecule has 1 fully saturated rings. The molecule has 0 radical (unpaired) electrons. The predicted octanol–water partition coefficient (Wildman–Crippen LogP) is 3.27. The number of nitrogens with one attached hydrogen (secondary N) is 1. The number of carbonyl (C=O) groups excluding carboxylic acids is 2. The van der Waals surface area contributed by atoms with E-state index in [1.54, 1.807) is 4.57 Å². The number of hydrogen-bond acceptors (Lipinski definition) is 5. The molecule has 3 atom stereocenters. The molecule has 1 saturated heterocycles. The molecule has 6 rings (SSSR count). The van der Waals surface area contributed by atoms with Gasteiger partial charge in [-0.25, -0.2) is 0 Å². The molecule has 2 amide bonds. The number of thioether (sulfide) groups is 1. The molecular weight excluding hydrogens is 430 g/mol. The van der Waals surface area contributed by atoms with Gasteiger partial charge in [-0.3, -0.25) is 24.3 Å². The Morgan fingerprint density at radius 2 is 1.68 bits per heavy atom. The molecule has 2 aliphatic heterocycles. The van der Waals surface area contributed by atoms with Gasteiger partial charge in [-0.1, -0.05) is 59.5 Å². The normalized spacial score (nSPS) is 22.4. The summed E-state index contributed by atoms with van der Waals surface area (Å²) in [4.78, 5) is 39.4. The lowest BCUT2D eigenvalue weighted by Gasteiger charge is -2.30. The summed E-state index contributed by atoms with van der Waals surface area (Å²) >= 11 is 2.50. The molecule has 4 aromatic rings. The minimum atomic E-state index is -0.562. The van der Waals surface area contributed by atoms with Crippen LogP contribution >= 0.6 is 23.1 Å². The van der Waals surface area contributed by atoms with Crippen molar-refractivity contribution in [3.8, 4) is 5.69 Å². The molecule has 2 aromatic carbocycles. The summed E-state index contributed by atoms with van der Waals surface area (Å²) in [6, 6.07) is 17.5. The number of aryl methyl sites for hydroxylation is 1. The second-order valence-electron chi connectivity index (χ2n) is 7.82. The summed E-state index contributed by atoms with van der Waals surface area (Å²) in [5.74, 6) is -1.45. The molecule has 0 saturated carbocycles. The van der Waals surface area contributed by atoms with Gasteiger partial charge in [-0.15, -0.1) is 0 Å². The van der Waals surface area contributed by atoms with Crippen LogP contribution in [0.4, 0.5) is 0 Å². The first-order valence-corrected chi connectivity index (χ1v) is 11.6. The van der Waals surface area contributed by atoms with Crippen molar-refractivity contribution in [3.63, 3.8) is 0 Å². The van der Waals surface area contributed by atoms with Crippen molar-refractivity contribution in [1.29, 1.82) is 0 Å². The Morgan fingerprint density at radius 3 is 2.48 bits per heavy atom. The molecule has 154 valence electrons. The summed E-state index contributed by atoms with van der Waals surface area (Å²) in [6.45, 7) is 0. The summed E-state index contributed by atoms with van der Waals surface area (Å²) in [6.07, 6.45) is 2.03. The van der Waals surface area contributed by atoms with Crippen molar-refractivity contribution in [2.24, 2.45) is 13.0 Å². The van der Waals surface area contributed by atoms with Gasteiger partial charge in [-0.05, 0) is 23.8 Å². The van der Waals surface area contributed by atoms with E-state index in [9.17, 15) is 14.4 Å². The van der Waals surface area contributed by atoms with Gasteiger partial charge in [0.15, 0.2) is 0 Å². The van der Waals surface area contributed by atoms with E-state index in [0.29, 0.717) is 0 Å². The summed E-state index contributed by atoms with van der Waals surface area (Å²) in [5.41, 5.74) is 2.78. The van der Waals surface area contributed by atoms with Gasteiger partial charge in [0.2, 0.25) is 11.8 Å². The number of benzene rings is 2. The van der Waals surface area contributed by atoms with Gasteiger partial charge in [0.25, 0.3) is 0 Å². The average molecular weight is 448 g/mol. The SMILES string of the molecule is Cn1cc([C@@H]2c3sc(=O)n(-c4ccccc4)c3S[C@H]3C(=O)NC(=O)[C@H]23)c2ccccc21. The van der Waals surface area contributed by atoms with Gasteiger partial charge in [0.1, 0.15) is 5.25 Å². The summed E-state index contributed by atoms with van der Waals surface area (Å²) in [7, 11) is 1.97. The van der Waals surface area contributed by atoms with Crippen LogP contribution in [-0.4, -0.2) is 26.2 Å². The van der Waals surface area contributed by atoms with Crippen LogP contribution in [0.5, 0.6) is 0 Å². The van der Waals surface area contributed by atoms with E-state index in [0.717, 1.165) is 32.1 Å². The van der Waals surface area contributed by atoms with E-state index >= 15 is 0 Å². The topological polar surface area (TPSA) is 73.1 Å². The minimum Gasteiger partial charge on any atom is -0.350 e. The van der Waals surface area contributed by atoms with Crippen molar-refractivity contribution in [2.45, 2.75) is 16.2 Å². The van der Waals surface area contributed by atoms with Crippen LogP contribution in [0.15, 0.2) is 70.6 Å². The Morgan fingerprint density at radius 1 is 0.935 bits per heavy atom. The number of carbonyl (C=O) groups is 2. The fourth-order valence-electron chi connectivity index (χ4n) is 4.75. The van der Waals surface area contributed by atoms with Crippen LogP contribution in [0.1, 0.15) is 16.4 Å². The Hall–Kier alpha value is -3.10. The number of rotatable bonds is 2. The molecule has 2 aromatic heterocycles. The van der Waals surface area contributed by atoms with Gasteiger partial charge >= 0.3 is 4.87 Å². The molecule has 2 aliphatic rings. The Balaban J connectivity index is 1.65. The van der Waals surface area contributed by atoms with Gasteiger partial charge in [0.05, 0.1) is 16.6 Å². The number of thiazole rings is 1. The standard InChI is InChI=1S/C23H17N3O3S2/c1-25-11-14(13-9-5-6-10-15(13)25)16-17-18(21(28)24-20(17)27)30-22-19(16)31-23(29)26(22)12-7-3-2-4-8-12/h2-11,16-18H,1H3,(H,24,27,28)/t16-,17+,18+/m0/s1. The summed E-state index contributed by atoms with van der Waals surface area (Å²) in [5, 5.41) is 3.75. The van der Waals surface area contributed by atoms with Gasteiger partial charge < -0.3 is 4.57 Å². The maximum atomic E-state index is 13.1. The smallest absolute Gasteiger partial charge is 0.312 e. The average Bonchev–Trinajstić information content (AvgIpc) is 3.38. The van der Waals surface area contributed by atoms with Crippen molar-refractivity contribution in [2.75, 3.05) is 0 Å². The van der Waals surface area contributed by atoms with E-state index in [2.05, 4.69) is 5.32 Å². The van der Waals surface area contributed by atoms with Crippen LogP contribution in [0.3, 0.4) is 0 Å². The third-order valence-corrected chi connectivity index (χ3v) is 8.63. The van der Waals surface area contributed by atoms with Gasteiger partial charge in [0, 0.05) is 34.9 Å². The quantitative estimate of drug-likeness (QED) is 0.479. The Bertz CT molecular complexity index is 1430. The third-order valence-electron chi connectivity index (χ3n) is 6.08. The zero-order valence-electron chi connectivity index (χ0n) is 16.4. The molecule has 0 aliphatic carbocycles. The first-order valence-electron chi connectivity index (χ1n) is 9.91. The first-order chi connectivity index (χ1) is 15.0. The van der Waals surface area contributed by atoms with E-state index < -0.39 is 11.2 Å². The fourth-order valence-corrected chi connectivity index (χ4v) is 7.50. The number of hydrogen-bond donors (Lipinski definition) is 1. The maximum absolute atomic E-state index is 13.1. The van der Waals surface area contributed by atoms with E-state index in [1.807, 2.05) is 72.4 Å². The van der Waals surface area contributed by atoms with Crippen LogP contribution < -0.4 is 10.2 Å². The molecule has 4 heterocycles. The second-order valence-corrected chi connectivity index (χ2v) is 9.94. The zero-order chi connectivity index (χ0) is 21.3. The highest BCUT2D eigenvalue weighted by Gasteiger charge is 2.53. The van der Waals surface area contributed by atoms with Crippen molar-refractivity contribution in [1.82, 2.24) is 14.5 Å². The van der Waals surface area contributed by atoms with Gasteiger partial charge in [-0.2, -0.15) is 0 Å². The van der Waals surface area contributed by atoms with E-state index in [4.69, 9.17) is 0 Å². The highest BCUT2D eigenvalue weighted by atomic mass is 32.2. The monoisotopic (exact) mass is 447 g/mol. The highest BCUT2D eigenvalue weighted by molar-refractivity contribution is 8.00. The Labute approximate surface area is 185 Å². The van der Waals surface area contributed by atoms with E-state index in [1.165, 1.54) is 23.1 Å². The lowest BCUT2D eigenvalue weighted by Crippen LogP contribution is -2.31. The molecular formula is C23H17N3O3S2.